The van der Waals surface area contributed by atoms with Crippen LogP contribution in [-0.4, -0.2) is 46.1 Å². The predicted molar refractivity (Wildman–Crippen MR) is 88.9 cm³/mol. The van der Waals surface area contributed by atoms with Gasteiger partial charge in [-0.1, -0.05) is 12.1 Å². The highest BCUT2D eigenvalue weighted by atomic mass is 16.3. The number of H-pyrrole nitrogens is 1. The zero-order chi connectivity index (χ0) is 16.2. The summed E-state index contributed by atoms with van der Waals surface area (Å²) in [5.74, 6) is 0.330. The van der Waals surface area contributed by atoms with E-state index in [1.807, 2.05) is 25.1 Å². The molecule has 5 nitrogen and oxygen atoms in total. The number of phenols is 1. The normalized spacial score (nSPS) is 16.3. The van der Waals surface area contributed by atoms with Crippen LogP contribution in [-0.2, 0) is 13.1 Å². The number of aryl methyl sites for hydroxylation is 1. The molecule has 0 amide bonds. The Hall–Kier alpha value is -2.29. The number of nitrogens with one attached hydrogen (secondary N) is 1. The predicted octanol–water partition coefficient (Wildman–Crippen LogP) is 2.22. The summed E-state index contributed by atoms with van der Waals surface area (Å²) in [6.45, 7) is 7.73. The van der Waals surface area contributed by atoms with Crippen molar-refractivity contribution < 1.29 is 5.11 Å². The van der Waals surface area contributed by atoms with Crippen molar-refractivity contribution >= 4 is 0 Å². The van der Waals surface area contributed by atoms with E-state index in [-0.39, 0.29) is 0 Å². The zero-order valence-corrected chi connectivity index (χ0v) is 13.4. The summed E-state index contributed by atoms with van der Waals surface area (Å²) in [4.78, 5) is 8.11. The van der Waals surface area contributed by atoms with E-state index in [1.165, 1.54) is 0 Å². The minimum atomic E-state index is 0.330. The molecule has 1 fully saturated rings. The topological polar surface area (TPSA) is 66.3 Å². The molecule has 0 aliphatic carbocycles. The van der Waals surface area contributed by atoms with Crippen LogP contribution in [0, 0.1) is 18.3 Å². The van der Waals surface area contributed by atoms with Crippen molar-refractivity contribution in [3.05, 3.63) is 52.8 Å². The van der Waals surface area contributed by atoms with Crippen molar-refractivity contribution in [1.82, 2.24) is 14.8 Å². The van der Waals surface area contributed by atoms with Gasteiger partial charge < -0.3 is 10.1 Å². The maximum atomic E-state index is 9.54. The molecule has 0 saturated carbocycles. The number of hydrogen-bond donors (Lipinski definition) is 2. The molecule has 1 aliphatic heterocycles. The lowest BCUT2D eigenvalue weighted by Gasteiger charge is -2.34. The molecule has 5 heteroatoms. The summed E-state index contributed by atoms with van der Waals surface area (Å²) in [6, 6.07) is 11.6. The lowest BCUT2D eigenvalue weighted by molar-refractivity contribution is 0.121. The van der Waals surface area contributed by atoms with Crippen LogP contribution in [0.3, 0.4) is 0 Å². The third-order valence-corrected chi connectivity index (χ3v) is 4.37. The fourth-order valence-corrected chi connectivity index (χ4v) is 3.09. The molecule has 1 aromatic carbocycles. The first-order valence-electron chi connectivity index (χ1n) is 7.95. The van der Waals surface area contributed by atoms with Crippen LogP contribution < -0.4 is 0 Å². The second-order valence-electron chi connectivity index (χ2n) is 6.17. The van der Waals surface area contributed by atoms with Gasteiger partial charge in [-0.15, -0.1) is 0 Å². The van der Waals surface area contributed by atoms with Crippen molar-refractivity contribution in [2.24, 2.45) is 0 Å². The molecule has 1 aliphatic rings. The van der Waals surface area contributed by atoms with Crippen LogP contribution in [0.25, 0.3) is 0 Å². The number of piperazine rings is 1. The number of nitrogens with zero attached hydrogens (tertiary/aromatic N) is 3. The molecule has 0 unspecified atom stereocenters. The van der Waals surface area contributed by atoms with Crippen LogP contribution in [0.1, 0.15) is 22.5 Å². The van der Waals surface area contributed by atoms with Gasteiger partial charge in [0.05, 0.1) is 5.56 Å². The van der Waals surface area contributed by atoms with Gasteiger partial charge >= 0.3 is 0 Å². The molecule has 1 aromatic heterocycles. The van der Waals surface area contributed by atoms with E-state index in [1.54, 1.807) is 6.07 Å². The molecule has 23 heavy (non-hydrogen) atoms. The molecular formula is C18H22N4O. The van der Waals surface area contributed by atoms with E-state index in [2.05, 4.69) is 26.9 Å². The van der Waals surface area contributed by atoms with Crippen molar-refractivity contribution in [3.8, 4) is 11.8 Å². The maximum absolute atomic E-state index is 9.54. The fourth-order valence-electron chi connectivity index (χ4n) is 3.09. The van der Waals surface area contributed by atoms with Crippen molar-refractivity contribution in [2.45, 2.75) is 20.0 Å². The largest absolute Gasteiger partial charge is 0.508 e. The molecule has 0 bridgehead atoms. The highest BCUT2D eigenvalue weighted by molar-refractivity contribution is 5.35. The van der Waals surface area contributed by atoms with E-state index in [4.69, 9.17) is 5.26 Å². The Labute approximate surface area is 136 Å². The number of aromatic nitrogens is 1. The van der Waals surface area contributed by atoms with Gasteiger partial charge in [-0.2, -0.15) is 5.26 Å². The Morgan fingerprint density at radius 1 is 1.13 bits per heavy atom. The van der Waals surface area contributed by atoms with E-state index in [9.17, 15) is 5.11 Å². The highest BCUT2D eigenvalue weighted by Crippen LogP contribution is 2.16. The lowest BCUT2D eigenvalue weighted by Crippen LogP contribution is -2.45. The number of nitriles is 1. The van der Waals surface area contributed by atoms with Gasteiger partial charge in [0.15, 0.2) is 0 Å². The van der Waals surface area contributed by atoms with Gasteiger partial charge in [0.2, 0.25) is 0 Å². The minimum Gasteiger partial charge on any atom is -0.508 e. The Morgan fingerprint density at radius 2 is 1.83 bits per heavy atom. The van der Waals surface area contributed by atoms with Gasteiger partial charge in [-0.25, -0.2) is 0 Å². The smallest absolute Gasteiger partial charge is 0.115 e. The fraction of sp³-hybridized carbons (Fsp3) is 0.389. The second kappa shape index (κ2) is 6.86. The summed E-state index contributed by atoms with van der Waals surface area (Å²) >= 11 is 0. The average Bonchev–Trinajstić information content (AvgIpc) is 2.89. The minimum absolute atomic E-state index is 0.330. The molecule has 2 N–H and O–H groups in total. The summed E-state index contributed by atoms with van der Waals surface area (Å²) in [5.41, 5.74) is 3.95. The van der Waals surface area contributed by atoms with Crippen molar-refractivity contribution in [3.63, 3.8) is 0 Å². The molecule has 0 spiro atoms. The summed E-state index contributed by atoms with van der Waals surface area (Å²) in [6.07, 6.45) is 0. The van der Waals surface area contributed by atoms with E-state index < -0.39 is 0 Å². The first kappa shape index (κ1) is 15.6. The zero-order valence-electron chi connectivity index (χ0n) is 13.4. The standard InChI is InChI=1S/C18H22N4O/c1-14-16(11-19)10-17(20-14)13-22-7-5-21(6-8-22)12-15-3-2-4-18(23)9-15/h2-4,9-10,20,23H,5-8,12-13H2,1H3. The number of aromatic amines is 1. The lowest BCUT2D eigenvalue weighted by atomic mass is 10.2. The van der Waals surface area contributed by atoms with E-state index >= 15 is 0 Å². The summed E-state index contributed by atoms with van der Waals surface area (Å²) in [7, 11) is 0. The Balaban J connectivity index is 1.51. The highest BCUT2D eigenvalue weighted by Gasteiger charge is 2.18. The number of hydrogen-bond acceptors (Lipinski definition) is 4. The molecule has 2 heterocycles. The first-order valence-corrected chi connectivity index (χ1v) is 7.95. The Morgan fingerprint density at radius 3 is 2.43 bits per heavy atom. The average molecular weight is 310 g/mol. The van der Waals surface area contributed by atoms with Gasteiger partial charge in [-0.3, -0.25) is 9.80 Å². The van der Waals surface area contributed by atoms with Crippen LogP contribution >= 0.6 is 0 Å². The maximum Gasteiger partial charge on any atom is 0.115 e. The quantitative estimate of drug-likeness (QED) is 0.909. The molecular weight excluding hydrogens is 288 g/mol. The van der Waals surface area contributed by atoms with Gasteiger partial charge in [0.25, 0.3) is 0 Å². The molecule has 1 saturated heterocycles. The molecule has 0 atom stereocenters. The Kier molecular flexibility index (Phi) is 4.65. The molecule has 3 rings (SSSR count). The van der Waals surface area contributed by atoms with Gasteiger partial charge in [0, 0.05) is 50.7 Å². The number of phenolic OH excluding ortho intramolecular Hbond substituents is 1. The monoisotopic (exact) mass is 310 g/mol. The number of rotatable bonds is 4. The van der Waals surface area contributed by atoms with Gasteiger partial charge in [-0.05, 0) is 30.7 Å². The van der Waals surface area contributed by atoms with Crippen LogP contribution in [0.2, 0.25) is 0 Å². The van der Waals surface area contributed by atoms with Crippen LogP contribution in [0.5, 0.6) is 5.75 Å². The third-order valence-electron chi connectivity index (χ3n) is 4.37. The van der Waals surface area contributed by atoms with Crippen LogP contribution in [0.15, 0.2) is 30.3 Å². The second-order valence-corrected chi connectivity index (χ2v) is 6.17. The molecule has 2 aromatic rings. The summed E-state index contributed by atoms with van der Waals surface area (Å²) in [5, 5.41) is 18.6. The summed E-state index contributed by atoms with van der Waals surface area (Å²) < 4.78 is 0. The molecule has 0 radical (unpaired) electrons. The number of benzene rings is 1. The van der Waals surface area contributed by atoms with Crippen molar-refractivity contribution in [1.29, 1.82) is 5.26 Å². The molecule has 120 valence electrons. The SMILES string of the molecule is Cc1[nH]c(CN2CCN(Cc3cccc(O)c3)CC2)cc1C#N. The van der Waals surface area contributed by atoms with Crippen molar-refractivity contribution in [2.75, 3.05) is 26.2 Å². The first-order chi connectivity index (χ1) is 11.1. The van der Waals surface area contributed by atoms with Crippen LogP contribution in [0.4, 0.5) is 0 Å². The van der Waals surface area contributed by atoms with E-state index in [0.717, 1.165) is 61.8 Å². The van der Waals surface area contributed by atoms with E-state index in [0.29, 0.717) is 5.75 Å². The number of aromatic hydroxyl groups is 1. The third kappa shape index (κ3) is 3.92. The van der Waals surface area contributed by atoms with Gasteiger partial charge in [0.1, 0.15) is 11.8 Å². The Bertz CT molecular complexity index is 708.